The van der Waals surface area contributed by atoms with Crippen LogP contribution >= 0.6 is 0 Å². The number of aliphatic hydroxyl groups is 1. The lowest BCUT2D eigenvalue weighted by atomic mass is 9.83. The second kappa shape index (κ2) is 13.6. The van der Waals surface area contributed by atoms with Crippen molar-refractivity contribution >= 4 is 21.9 Å². The van der Waals surface area contributed by atoms with Gasteiger partial charge in [-0.05, 0) is 43.5 Å². The van der Waals surface area contributed by atoms with E-state index >= 15 is 0 Å². The van der Waals surface area contributed by atoms with Gasteiger partial charge in [0.2, 0.25) is 22.7 Å². The molecule has 1 fully saturated rings. The van der Waals surface area contributed by atoms with Crippen molar-refractivity contribution in [3.8, 4) is 11.5 Å². The largest absolute Gasteiger partial charge is 0.481 e. The van der Waals surface area contributed by atoms with Crippen LogP contribution in [0.4, 0.5) is 0 Å². The smallest absolute Gasteiger partial charge is 0.308 e. The first kappa shape index (κ1) is 30.1. The van der Waals surface area contributed by atoms with E-state index in [1.165, 1.54) is 0 Å². The average Bonchev–Trinajstić information content (AvgIpc) is 3.47. The third kappa shape index (κ3) is 7.56. The van der Waals surface area contributed by atoms with Gasteiger partial charge < -0.3 is 30.3 Å². The molecule has 3 rings (SSSR count). The van der Waals surface area contributed by atoms with Crippen LogP contribution in [0.2, 0.25) is 0 Å². The third-order valence-electron chi connectivity index (χ3n) is 7.11. The Balaban J connectivity index is 1.92. The van der Waals surface area contributed by atoms with E-state index in [0.29, 0.717) is 48.7 Å². The van der Waals surface area contributed by atoms with Crippen LogP contribution in [-0.4, -0.2) is 98.7 Å². The molecule has 1 saturated heterocycles. The highest BCUT2D eigenvalue weighted by atomic mass is 32.2. The normalized spacial score (nSPS) is 21.1. The topological polar surface area (TPSA) is 172 Å². The molecule has 2 heterocycles. The second-order valence-electron chi connectivity index (χ2n) is 9.87. The van der Waals surface area contributed by atoms with E-state index in [1.807, 2.05) is 11.8 Å². The number of ether oxygens (including phenoxy) is 2. The summed E-state index contributed by atoms with van der Waals surface area (Å²) in [7, 11) is -3.47. The van der Waals surface area contributed by atoms with Crippen molar-refractivity contribution in [3.63, 3.8) is 0 Å². The summed E-state index contributed by atoms with van der Waals surface area (Å²) in [4.78, 5) is 29.6. The number of carboxylic acids is 1. The number of aliphatic carboxylic acids is 1. The van der Waals surface area contributed by atoms with Gasteiger partial charge in [-0.2, -0.15) is 0 Å². The molecule has 2 aliphatic rings. The summed E-state index contributed by atoms with van der Waals surface area (Å²) >= 11 is 0. The van der Waals surface area contributed by atoms with Crippen molar-refractivity contribution < 1.29 is 37.7 Å². The number of amides is 1. The van der Waals surface area contributed by atoms with Crippen molar-refractivity contribution in [3.05, 3.63) is 23.3 Å². The molecule has 1 aromatic carbocycles. The maximum Gasteiger partial charge on any atom is 0.308 e. The number of nitrogens with one attached hydrogen (secondary N) is 1. The van der Waals surface area contributed by atoms with Crippen molar-refractivity contribution in [2.24, 2.45) is 11.7 Å². The van der Waals surface area contributed by atoms with E-state index in [1.54, 1.807) is 17.0 Å². The van der Waals surface area contributed by atoms with Crippen LogP contribution in [-0.2, 0) is 26.2 Å². The van der Waals surface area contributed by atoms with E-state index in [-0.39, 0.29) is 45.4 Å². The number of carbonyl (C=O) groups excluding carboxylic acids is 1. The molecule has 0 spiro atoms. The van der Waals surface area contributed by atoms with Gasteiger partial charge in [-0.3, -0.25) is 14.5 Å². The lowest BCUT2D eigenvalue weighted by Crippen LogP contribution is -2.45. The maximum absolute atomic E-state index is 13.4. The van der Waals surface area contributed by atoms with Gasteiger partial charge in [0.25, 0.3) is 0 Å². The number of fused-ring (bicyclic) bond motifs is 1. The predicted molar refractivity (Wildman–Crippen MR) is 140 cm³/mol. The minimum atomic E-state index is -3.47. The number of sulfonamides is 1. The molecule has 0 unspecified atom stereocenters. The molecule has 214 valence electrons. The number of hydrogen-bond acceptors (Lipinski definition) is 9. The molecule has 0 aromatic heterocycles. The molecular weight excluding hydrogens is 516 g/mol. The summed E-state index contributed by atoms with van der Waals surface area (Å²) in [6.07, 6.45) is 3.70. The molecule has 12 nitrogen and oxygen atoms in total. The molecule has 3 atom stereocenters. The van der Waals surface area contributed by atoms with Crippen molar-refractivity contribution in [1.82, 2.24) is 14.5 Å². The van der Waals surface area contributed by atoms with E-state index in [9.17, 15) is 28.2 Å². The molecule has 1 aromatic rings. The predicted octanol–water partition coefficient (Wildman–Crippen LogP) is 0.293. The lowest BCUT2D eigenvalue weighted by Gasteiger charge is -2.29. The van der Waals surface area contributed by atoms with Gasteiger partial charge in [-0.1, -0.05) is 13.3 Å². The fourth-order valence-corrected chi connectivity index (χ4v) is 5.78. The molecule has 13 heteroatoms. The Hall–Kier alpha value is -2.45. The summed E-state index contributed by atoms with van der Waals surface area (Å²) in [6.45, 7) is 3.65. The van der Waals surface area contributed by atoms with Crippen LogP contribution < -0.4 is 19.9 Å². The third-order valence-corrected chi connectivity index (χ3v) is 7.84. The molecule has 2 aliphatic heterocycles. The van der Waals surface area contributed by atoms with Gasteiger partial charge in [0.1, 0.15) is 0 Å². The zero-order valence-electron chi connectivity index (χ0n) is 22.1. The van der Waals surface area contributed by atoms with Crippen molar-refractivity contribution in [1.29, 1.82) is 0 Å². The van der Waals surface area contributed by atoms with Crippen molar-refractivity contribution in [2.45, 2.75) is 51.2 Å². The highest BCUT2D eigenvalue weighted by Crippen LogP contribution is 2.44. The van der Waals surface area contributed by atoms with E-state index in [2.05, 4.69) is 4.72 Å². The van der Waals surface area contributed by atoms with Crippen LogP contribution in [0.15, 0.2) is 12.1 Å². The number of nitrogens with two attached hydrogens (primary N) is 1. The minimum absolute atomic E-state index is 0.00944. The first-order valence-corrected chi connectivity index (χ1v) is 14.9. The first-order chi connectivity index (χ1) is 18.1. The van der Waals surface area contributed by atoms with Crippen LogP contribution in [0.25, 0.3) is 0 Å². The summed E-state index contributed by atoms with van der Waals surface area (Å²) in [5.41, 5.74) is 6.83. The number of likely N-dealkylation sites (tertiary alicyclic amines) is 1. The zero-order chi connectivity index (χ0) is 27.9. The Morgan fingerprint density at radius 1 is 1.24 bits per heavy atom. The highest BCUT2D eigenvalue weighted by Gasteiger charge is 2.47. The van der Waals surface area contributed by atoms with E-state index < -0.39 is 33.9 Å². The number of carbonyl (C=O) groups is 2. The fraction of sp³-hybridized carbons (Fsp3) is 0.680. The molecule has 5 N–H and O–H groups in total. The highest BCUT2D eigenvalue weighted by molar-refractivity contribution is 7.88. The molecule has 1 amide bonds. The zero-order valence-corrected chi connectivity index (χ0v) is 22.9. The van der Waals surface area contributed by atoms with Crippen molar-refractivity contribution in [2.75, 3.05) is 52.3 Å². The number of benzene rings is 1. The molecule has 0 aliphatic carbocycles. The monoisotopic (exact) mass is 556 g/mol. The van der Waals surface area contributed by atoms with Crippen LogP contribution in [0.3, 0.4) is 0 Å². The molecular formula is C25H40N4O8S. The average molecular weight is 557 g/mol. The number of hydrogen-bond donors (Lipinski definition) is 4. The molecule has 0 saturated carbocycles. The number of rotatable bonds is 15. The summed E-state index contributed by atoms with van der Waals surface area (Å²) in [5, 5.41) is 20.2. The quantitative estimate of drug-likeness (QED) is 0.235. The minimum Gasteiger partial charge on any atom is -0.481 e. The van der Waals surface area contributed by atoms with Crippen LogP contribution in [0.1, 0.15) is 49.7 Å². The van der Waals surface area contributed by atoms with Crippen LogP contribution in [0, 0.1) is 5.92 Å². The number of aliphatic hydroxyl groups excluding tert-OH is 1. The molecule has 0 bridgehead atoms. The number of carboxylic acid groups (broad SMARTS) is 1. The SMILES string of the molecule is CCCCN(CCCN)C(=O)CN1C[C@H](c2cc(CO)c3c(c2)OCO3)[C@@H](C(=O)O)[C@@H]1CCNS(C)(=O)=O. The Morgan fingerprint density at radius 2 is 1.97 bits per heavy atom. The van der Waals surface area contributed by atoms with Gasteiger partial charge in [-0.15, -0.1) is 0 Å². The summed E-state index contributed by atoms with van der Waals surface area (Å²) in [5.74, 6) is -1.70. The Morgan fingerprint density at radius 3 is 2.61 bits per heavy atom. The van der Waals surface area contributed by atoms with E-state index in [4.69, 9.17) is 15.2 Å². The van der Waals surface area contributed by atoms with Gasteiger partial charge in [0.05, 0.1) is 25.3 Å². The maximum atomic E-state index is 13.4. The molecule has 38 heavy (non-hydrogen) atoms. The molecule has 0 radical (unpaired) electrons. The number of unbranched alkanes of at least 4 members (excludes halogenated alkanes) is 1. The lowest BCUT2D eigenvalue weighted by molar-refractivity contribution is -0.143. The first-order valence-electron chi connectivity index (χ1n) is 13.0. The fourth-order valence-electron chi connectivity index (χ4n) is 5.29. The number of nitrogens with zero attached hydrogens (tertiary/aromatic N) is 2. The Bertz CT molecular complexity index is 1080. The summed E-state index contributed by atoms with van der Waals surface area (Å²) in [6, 6.07) is 2.86. The van der Waals surface area contributed by atoms with Gasteiger partial charge >= 0.3 is 5.97 Å². The van der Waals surface area contributed by atoms with Gasteiger partial charge in [0, 0.05) is 43.7 Å². The van der Waals surface area contributed by atoms with E-state index in [0.717, 1.165) is 19.1 Å². The Labute approximate surface area is 224 Å². The second-order valence-corrected chi connectivity index (χ2v) is 11.7. The summed E-state index contributed by atoms with van der Waals surface area (Å²) < 4.78 is 36.8. The Kier molecular flexibility index (Phi) is 10.7. The van der Waals surface area contributed by atoms with Crippen LogP contribution in [0.5, 0.6) is 11.5 Å². The van der Waals surface area contributed by atoms with Gasteiger partial charge in [-0.25, -0.2) is 13.1 Å². The standard InChI is InChI=1S/C25H40N4O8S/c1-3-4-9-28(10-5-7-26)22(31)14-29-13-19(17-11-18(15-30)24-21(12-17)36-16-37-24)23(25(32)33)20(29)6-8-27-38(2,34)35/h11-12,19-20,23,27,30H,3-10,13-16,26H2,1-2H3,(H,32,33)/t19-,20+,23-/m1/s1. The van der Waals surface area contributed by atoms with Gasteiger partial charge in [0.15, 0.2) is 11.5 Å².